The van der Waals surface area contributed by atoms with E-state index in [4.69, 9.17) is 4.74 Å². The summed E-state index contributed by atoms with van der Waals surface area (Å²) in [5.74, 6) is 0.0265. The van der Waals surface area contributed by atoms with Crippen molar-refractivity contribution in [2.45, 2.75) is 38.7 Å². The Morgan fingerprint density at radius 2 is 2.10 bits per heavy atom. The highest BCUT2D eigenvalue weighted by Crippen LogP contribution is 2.25. The number of amides is 1. The Bertz CT molecular complexity index is 535. The van der Waals surface area contributed by atoms with Crippen molar-refractivity contribution in [1.29, 1.82) is 0 Å². The molecular formula is C16H21NO3. The van der Waals surface area contributed by atoms with Gasteiger partial charge in [0.15, 0.2) is 5.78 Å². The predicted octanol–water partition coefficient (Wildman–Crippen LogP) is 2.36. The van der Waals surface area contributed by atoms with Crippen LogP contribution < -0.4 is 5.32 Å². The third kappa shape index (κ3) is 3.07. The average Bonchev–Trinajstić information content (AvgIpc) is 2.80. The molecule has 0 aromatic heterocycles. The van der Waals surface area contributed by atoms with E-state index in [0.29, 0.717) is 30.5 Å². The molecule has 20 heavy (non-hydrogen) atoms. The van der Waals surface area contributed by atoms with Crippen LogP contribution in [0.2, 0.25) is 0 Å². The monoisotopic (exact) mass is 275 g/mol. The number of hydrogen-bond donors (Lipinski definition) is 1. The molecule has 0 atom stereocenters. The highest BCUT2D eigenvalue weighted by Gasteiger charge is 2.24. The van der Waals surface area contributed by atoms with Crippen molar-refractivity contribution >= 4 is 11.7 Å². The number of methoxy groups -OCH3 is 1. The molecule has 0 unspecified atom stereocenters. The van der Waals surface area contributed by atoms with Crippen LogP contribution in [0.3, 0.4) is 0 Å². The van der Waals surface area contributed by atoms with Crippen molar-refractivity contribution in [3.63, 3.8) is 0 Å². The molecule has 1 amide bonds. The van der Waals surface area contributed by atoms with Gasteiger partial charge < -0.3 is 10.1 Å². The summed E-state index contributed by atoms with van der Waals surface area (Å²) in [6.45, 7) is 4.52. The number of carbonyl (C=O) groups is 2. The van der Waals surface area contributed by atoms with Gasteiger partial charge in [-0.05, 0) is 38.3 Å². The van der Waals surface area contributed by atoms with Gasteiger partial charge >= 0.3 is 0 Å². The molecule has 1 N–H and O–H groups in total. The molecule has 1 aromatic rings. The largest absolute Gasteiger partial charge is 0.379 e. The number of rotatable bonds is 5. The van der Waals surface area contributed by atoms with Crippen LogP contribution in [0.1, 0.15) is 53.0 Å². The van der Waals surface area contributed by atoms with Crippen molar-refractivity contribution in [1.82, 2.24) is 5.32 Å². The number of Topliss-reactive ketones (excluding diaryl/α,β-unsaturated/α-hetero) is 1. The number of ether oxygens (including phenoxy) is 1. The maximum Gasteiger partial charge on any atom is 0.251 e. The standard InChI is InChI=1S/C16H21NO3/c1-16(2,20-3)9-10-17-15(19)13-6-4-5-12-11(13)7-8-14(12)18/h4-6H,7-10H2,1-3H3,(H,17,19). The Morgan fingerprint density at radius 3 is 2.80 bits per heavy atom. The van der Waals surface area contributed by atoms with Gasteiger partial charge in [0, 0.05) is 31.2 Å². The van der Waals surface area contributed by atoms with E-state index in [0.717, 1.165) is 12.0 Å². The molecule has 1 aliphatic carbocycles. The zero-order valence-corrected chi connectivity index (χ0v) is 12.3. The lowest BCUT2D eigenvalue weighted by molar-refractivity contribution is 0.0160. The van der Waals surface area contributed by atoms with E-state index < -0.39 is 0 Å². The van der Waals surface area contributed by atoms with Gasteiger partial charge in [0.05, 0.1) is 5.60 Å². The zero-order chi connectivity index (χ0) is 14.8. The third-order valence-electron chi connectivity index (χ3n) is 3.89. The Hall–Kier alpha value is -1.68. The summed E-state index contributed by atoms with van der Waals surface area (Å²) in [5, 5.41) is 2.90. The van der Waals surface area contributed by atoms with E-state index in [-0.39, 0.29) is 17.3 Å². The van der Waals surface area contributed by atoms with Gasteiger partial charge in [0.2, 0.25) is 0 Å². The Balaban J connectivity index is 2.03. The van der Waals surface area contributed by atoms with E-state index in [2.05, 4.69) is 5.32 Å². The summed E-state index contributed by atoms with van der Waals surface area (Å²) in [4.78, 5) is 23.9. The smallest absolute Gasteiger partial charge is 0.251 e. The second kappa shape index (κ2) is 5.75. The van der Waals surface area contributed by atoms with Gasteiger partial charge in [-0.2, -0.15) is 0 Å². The first-order chi connectivity index (χ1) is 9.44. The van der Waals surface area contributed by atoms with Gasteiger partial charge in [-0.1, -0.05) is 12.1 Å². The topological polar surface area (TPSA) is 55.4 Å². The van der Waals surface area contributed by atoms with Crippen LogP contribution in [0.4, 0.5) is 0 Å². The first-order valence-corrected chi connectivity index (χ1v) is 6.93. The summed E-state index contributed by atoms with van der Waals surface area (Å²) in [6, 6.07) is 5.36. The van der Waals surface area contributed by atoms with Crippen molar-refractivity contribution in [3.8, 4) is 0 Å². The van der Waals surface area contributed by atoms with Crippen LogP contribution in [-0.4, -0.2) is 30.9 Å². The molecule has 1 aliphatic rings. The number of ketones is 1. The Labute approximate surface area is 119 Å². The normalized spacial score (nSPS) is 14.2. The number of nitrogens with one attached hydrogen (secondary N) is 1. The highest BCUT2D eigenvalue weighted by molar-refractivity contribution is 6.05. The number of hydrogen-bond acceptors (Lipinski definition) is 3. The first kappa shape index (κ1) is 14.7. The van der Waals surface area contributed by atoms with Crippen molar-refractivity contribution in [3.05, 3.63) is 34.9 Å². The van der Waals surface area contributed by atoms with Crippen LogP contribution >= 0.6 is 0 Å². The number of fused-ring (bicyclic) bond motifs is 1. The number of benzene rings is 1. The maximum absolute atomic E-state index is 12.2. The summed E-state index contributed by atoms with van der Waals surface area (Å²) in [5.41, 5.74) is 1.97. The molecule has 4 heteroatoms. The average molecular weight is 275 g/mol. The van der Waals surface area contributed by atoms with Gasteiger partial charge in [0.1, 0.15) is 0 Å². The second-order valence-electron chi connectivity index (χ2n) is 5.72. The van der Waals surface area contributed by atoms with Crippen LogP contribution in [0.5, 0.6) is 0 Å². The third-order valence-corrected chi connectivity index (χ3v) is 3.89. The summed E-state index contributed by atoms with van der Waals surface area (Å²) in [6.07, 6.45) is 1.92. The van der Waals surface area contributed by atoms with Crippen molar-refractivity contribution in [2.75, 3.05) is 13.7 Å². The molecule has 108 valence electrons. The second-order valence-corrected chi connectivity index (χ2v) is 5.72. The lowest BCUT2D eigenvalue weighted by Crippen LogP contribution is -2.32. The van der Waals surface area contributed by atoms with E-state index >= 15 is 0 Å². The van der Waals surface area contributed by atoms with Crippen molar-refractivity contribution in [2.24, 2.45) is 0 Å². The highest BCUT2D eigenvalue weighted by atomic mass is 16.5. The molecule has 2 rings (SSSR count). The summed E-state index contributed by atoms with van der Waals surface area (Å²) in [7, 11) is 1.66. The molecule has 0 saturated carbocycles. The zero-order valence-electron chi connectivity index (χ0n) is 12.3. The van der Waals surface area contributed by atoms with Crippen LogP contribution in [0.25, 0.3) is 0 Å². The van der Waals surface area contributed by atoms with E-state index in [9.17, 15) is 9.59 Å². The molecule has 0 spiro atoms. The summed E-state index contributed by atoms with van der Waals surface area (Å²) >= 11 is 0. The Kier molecular flexibility index (Phi) is 4.23. The van der Waals surface area contributed by atoms with Gasteiger partial charge in [-0.25, -0.2) is 0 Å². The fraction of sp³-hybridized carbons (Fsp3) is 0.500. The number of carbonyl (C=O) groups excluding carboxylic acids is 2. The van der Waals surface area contributed by atoms with Gasteiger partial charge in [-0.3, -0.25) is 9.59 Å². The molecule has 4 nitrogen and oxygen atoms in total. The van der Waals surface area contributed by atoms with E-state index in [1.807, 2.05) is 13.8 Å². The first-order valence-electron chi connectivity index (χ1n) is 6.93. The minimum atomic E-state index is -0.248. The fourth-order valence-corrected chi connectivity index (χ4v) is 2.38. The minimum absolute atomic E-state index is 0.108. The van der Waals surface area contributed by atoms with Crippen LogP contribution in [0, 0.1) is 0 Å². The van der Waals surface area contributed by atoms with Crippen LogP contribution in [-0.2, 0) is 11.2 Å². The lowest BCUT2D eigenvalue weighted by Gasteiger charge is -2.22. The predicted molar refractivity (Wildman–Crippen MR) is 77.1 cm³/mol. The molecule has 0 radical (unpaired) electrons. The van der Waals surface area contributed by atoms with E-state index in [1.54, 1.807) is 25.3 Å². The Morgan fingerprint density at radius 1 is 1.35 bits per heavy atom. The van der Waals surface area contributed by atoms with Gasteiger partial charge in [0.25, 0.3) is 5.91 Å². The summed E-state index contributed by atoms with van der Waals surface area (Å²) < 4.78 is 5.32. The fourth-order valence-electron chi connectivity index (χ4n) is 2.38. The quantitative estimate of drug-likeness (QED) is 0.897. The molecule has 0 heterocycles. The minimum Gasteiger partial charge on any atom is -0.379 e. The molecule has 0 fully saturated rings. The molecule has 0 aliphatic heterocycles. The molecule has 1 aromatic carbocycles. The SMILES string of the molecule is COC(C)(C)CCNC(=O)c1cccc2c1CCC2=O. The van der Waals surface area contributed by atoms with E-state index in [1.165, 1.54) is 0 Å². The molecule has 0 saturated heterocycles. The molecular weight excluding hydrogens is 254 g/mol. The van der Waals surface area contributed by atoms with Crippen molar-refractivity contribution < 1.29 is 14.3 Å². The lowest BCUT2D eigenvalue weighted by atomic mass is 10.0. The molecule has 0 bridgehead atoms. The van der Waals surface area contributed by atoms with Gasteiger partial charge in [-0.15, -0.1) is 0 Å². The van der Waals surface area contributed by atoms with Crippen LogP contribution in [0.15, 0.2) is 18.2 Å². The maximum atomic E-state index is 12.2.